The van der Waals surface area contributed by atoms with Crippen LogP contribution in [0.15, 0.2) is 193 Å². The number of pyridine rings is 1. The Kier molecular flexibility index (Phi) is 7.38. The number of hydrogen-bond donors (Lipinski definition) is 0. The first kappa shape index (κ1) is 31.8. The Bertz CT molecular complexity index is 3170. The lowest BCUT2D eigenvalue weighted by atomic mass is 9.98. The predicted octanol–water partition coefficient (Wildman–Crippen LogP) is 12.6. The second kappa shape index (κ2) is 13.0. The second-order valence-corrected chi connectivity index (χ2v) is 13.9. The lowest BCUT2D eigenvalue weighted by Crippen LogP contribution is -2.02. The van der Waals surface area contributed by atoms with Gasteiger partial charge in [0.1, 0.15) is 11.2 Å². The number of rotatable bonds is 6. The summed E-state index contributed by atoms with van der Waals surface area (Å²) in [6.07, 6.45) is 1.94. The summed E-state index contributed by atoms with van der Waals surface area (Å²) in [6, 6.07) is 62.4. The molecule has 0 bridgehead atoms. The molecule has 0 atom stereocenters. The first-order valence-electron chi connectivity index (χ1n) is 18.6. The zero-order chi connectivity index (χ0) is 37.0. The molecule has 0 aliphatic heterocycles. The number of para-hydroxylation sites is 2. The summed E-state index contributed by atoms with van der Waals surface area (Å²) < 4.78 is 8.91. The highest BCUT2D eigenvalue weighted by atomic mass is 16.3. The van der Waals surface area contributed by atoms with Crippen LogP contribution in [0.1, 0.15) is 0 Å². The number of nitrogens with zero attached hydrogens (tertiary/aromatic N) is 5. The minimum atomic E-state index is 0.546. The number of hydrogen-bond acceptors (Lipinski definition) is 5. The first-order valence-corrected chi connectivity index (χ1v) is 18.6. The van der Waals surface area contributed by atoms with Crippen molar-refractivity contribution in [3.63, 3.8) is 0 Å². The molecule has 11 aromatic rings. The highest BCUT2D eigenvalue weighted by molar-refractivity contribution is 6.17. The van der Waals surface area contributed by atoms with Crippen LogP contribution in [0.5, 0.6) is 0 Å². The van der Waals surface area contributed by atoms with Crippen LogP contribution >= 0.6 is 0 Å². The Morgan fingerprint density at radius 3 is 1.66 bits per heavy atom. The van der Waals surface area contributed by atoms with Crippen molar-refractivity contribution in [3.8, 4) is 62.2 Å². The van der Waals surface area contributed by atoms with E-state index in [1.807, 2.05) is 91.1 Å². The Balaban J connectivity index is 1.15. The fourth-order valence-electron chi connectivity index (χ4n) is 7.82. The summed E-state index contributed by atoms with van der Waals surface area (Å²) in [6.45, 7) is 0. The summed E-state index contributed by atoms with van der Waals surface area (Å²) in [5.74, 6) is 1.74. The Morgan fingerprint density at radius 1 is 0.375 bits per heavy atom. The minimum Gasteiger partial charge on any atom is -0.456 e. The van der Waals surface area contributed by atoms with Gasteiger partial charge < -0.3 is 8.98 Å². The molecule has 56 heavy (non-hydrogen) atoms. The highest BCUT2D eigenvalue weighted by Crippen LogP contribution is 2.41. The van der Waals surface area contributed by atoms with E-state index in [9.17, 15) is 0 Å². The van der Waals surface area contributed by atoms with Gasteiger partial charge in [0.05, 0.1) is 16.7 Å². The van der Waals surface area contributed by atoms with Gasteiger partial charge in [0, 0.05) is 61.2 Å². The van der Waals surface area contributed by atoms with Crippen molar-refractivity contribution in [3.05, 3.63) is 188 Å². The molecule has 262 valence electrons. The molecule has 0 saturated heterocycles. The van der Waals surface area contributed by atoms with Gasteiger partial charge in [-0.3, -0.25) is 4.98 Å². The average Bonchev–Trinajstić information content (AvgIpc) is 3.80. The highest BCUT2D eigenvalue weighted by Gasteiger charge is 2.21. The van der Waals surface area contributed by atoms with Crippen molar-refractivity contribution in [2.45, 2.75) is 0 Å². The third-order valence-corrected chi connectivity index (χ3v) is 10.5. The molecule has 7 aromatic carbocycles. The van der Waals surface area contributed by atoms with E-state index in [1.165, 1.54) is 5.39 Å². The lowest BCUT2D eigenvalue weighted by molar-refractivity contribution is 0.669. The fourth-order valence-corrected chi connectivity index (χ4v) is 7.82. The van der Waals surface area contributed by atoms with Gasteiger partial charge in [0.25, 0.3) is 0 Å². The topological polar surface area (TPSA) is 69.6 Å². The third-order valence-electron chi connectivity index (χ3n) is 10.5. The summed E-state index contributed by atoms with van der Waals surface area (Å²) in [4.78, 5) is 20.4. The molecule has 0 fully saturated rings. The van der Waals surface area contributed by atoms with E-state index >= 15 is 0 Å². The molecule has 0 saturated carbocycles. The SMILES string of the molecule is c1ccc(-c2cnc(-c3ccc4oc5cc6c7ccccc7n(-c7ccccc7)c6cc5c4c3)c(-c3nc(-c4ccccc4)nc(-c4ccccc4)n3)c2)cc1. The molecule has 11 rings (SSSR count). The quantitative estimate of drug-likeness (QED) is 0.171. The van der Waals surface area contributed by atoms with Gasteiger partial charge in [0.2, 0.25) is 0 Å². The largest absolute Gasteiger partial charge is 0.456 e. The van der Waals surface area contributed by atoms with Gasteiger partial charge >= 0.3 is 0 Å². The van der Waals surface area contributed by atoms with Crippen molar-refractivity contribution in [2.24, 2.45) is 0 Å². The van der Waals surface area contributed by atoms with Crippen molar-refractivity contribution in [2.75, 3.05) is 0 Å². The van der Waals surface area contributed by atoms with E-state index in [4.69, 9.17) is 24.4 Å². The molecule has 0 amide bonds. The van der Waals surface area contributed by atoms with Crippen LogP contribution in [-0.4, -0.2) is 24.5 Å². The average molecular weight is 718 g/mol. The predicted molar refractivity (Wildman–Crippen MR) is 226 cm³/mol. The maximum absolute atomic E-state index is 6.57. The summed E-state index contributed by atoms with van der Waals surface area (Å²) >= 11 is 0. The molecule has 0 aliphatic carbocycles. The smallest absolute Gasteiger partial charge is 0.166 e. The number of aromatic nitrogens is 5. The van der Waals surface area contributed by atoms with Crippen LogP contribution in [0, 0.1) is 0 Å². The number of furan rings is 1. The van der Waals surface area contributed by atoms with E-state index in [0.717, 1.165) is 83.1 Å². The van der Waals surface area contributed by atoms with Crippen molar-refractivity contribution in [1.82, 2.24) is 24.5 Å². The van der Waals surface area contributed by atoms with Crippen LogP contribution in [-0.2, 0) is 0 Å². The monoisotopic (exact) mass is 717 g/mol. The third kappa shape index (κ3) is 5.35. The lowest BCUT2D eigenvalue weighted by Gasteiger charge is -2.13. The number of benzene rings is 7. The number of fused-ring (bicyclic) bond motifs is 6. The molecular formula is C50H31N5O. The van der Waals surface area contributed by atoms with Crippen molar-refractivity contribution in [1.29, 1.82) is 0 Å². The molecule has 6 heteroatoms. The standard InChI is InChI=1S/C50H31N5O/c1-5-15-32(16-6-1)36-28-42(50-53-48(33-17-7-2-8-18-33)52-49(54-50)34-19-9-3-10-20-34)47(51-31-36)35-25-26-45-40(27-35)41-29-44-39(30-46(41)56-45)38-23-13-14-24-43(38)55(44)37-21-11-4-12-22-37/h1-31H. The van der Waals surface area contributed by atoms with Crippen molar-refractivity contribution < 1.29 is 4.42 Å². The molecule has 4 heterocycles. The molecule has 6 nitrogen and oxygen atoms in total. The van der Waals surface area contributed by atoms with E-state index in [2.05, 4.69) is 102 Å². The van der Waals surface area contributed by atoms with Gasteiger partial charge in [-0.05, 0) is 60.2 Å². The van der Waals surface area contributed by atoms with Gasteiger partial charge in [0.15, 0.2) is 17.5 Å². The van der Waals surface area contributed by atoms with Crippen LogP contribution < -0.4 is 0 Å². The zero-order valence-electron chi connectivity index (χ0n) is 30.0. The summed E-state index contributed by atoms with van der Waals surface area (Å²) in [7, 11) is 0. The van der Waals surface area contributed by atoms with Crippen LogP contribution in [0.25, 0.3) is 106 Å². The Morgan fingerprint density at radius 2 is 0.964 bits per heavy atom. The normalized spacial score (nSPS) is 11.6. The maximum atomic E-state index is 6.57. The maximum Gasteiger partial charge on any atom is 0.166 e. The fraction of sp³-hybridized carbons (Fsp3) is 0. The van der Waals surface area contributed by atoms with Gasteiger partial charge in [-0.2, -0.15) is 0 Å². The second-order valence-electron chi connectivity index (χ2n) is 13.9. The summed E-state index contributed by atoms with van der Waals surface area (Å²) in [5, 5.41) is 4.38. The van der Waals surface area contributed by atoms with Gasteiger partial charge in [-0.25, -0.2) is 15.0 Å². The van der Waals surface area contributed by atoms with Gasteiger partial charge in [-0.15, -0.1) is 0 Å². The van der Waals surface area contributed by atoms with E-state index < -0.39 is 0 Å². The molecule has 0 unspecified atom stereocenters. The van der Waals surface area contributed by atoms with Gasteiger partial charge in [-0.1, -0.05) is 127 Å². The molecule has 4 aromatic heterocycles. The Labute approximate surface area is 322 Å². The molecule has 0 N–H and O–H groups in total. The van der Waals surface area contributed by atoms with Crippen molar-refractivity contribution >= 4 is 43.7 Å². The van der Waals surface area contributed by atoms with E-state index in [1.54, 1.807) is 0 Å². The van der Waals surface area contributed by atoms with E-state index in [0.29, 0.717) is 17.5 Å². The molecule has 0 radical (unpaired) electrons. The summed E-state index contributed by atoms with van der Waals surface area (Å²) in [5.41, 5.74) is 11.4. The zero-order valence-corrected chi connectivity index (χ0v) is 30.0. The van der Waals surface area contributed by atoms with Crippen LogP contribution in [0.3, 0.4) is 0 Å². The Hall–Kier alpha value is -7.70. The minimum absolute atomic E-state index is 0.546. The molecular weight excluding hydrogens is 687 g/mol. The molecule has 0 spiro atoms. The van der Waals surface area contributed by atoms with Crippen LogP contribution in [0.2, 0.25) is 0 Å². The molecule has 0 aliphatic rings. The van der Waals surface area contributed by atoms with E-state index in [-0.39, 0.29) is 0 Å². The first-order chi connectivity index (χ1) is 27.7. The van der Waals surface area contributed by atoms with Crippen LogP contribution in [0.4, 0.5) is 0 Å².